The molecule has 1 heterocycles. The number of nitrogen functional groups attached to an aromatic ring is 1. The first-order chi connectivity index (χ1) is 10.2. The molecule has 0 atom stereocenters. The van der Waals surface area contributed by atoms with Crippen LogP contribution in [0.15, 0.2) is 48.8 Å². The number of hydrogen-bond donors (Lipinski definition) is 1. The molecule has 1 aromatic heterocycles. The molecule has 0 spiro atoms. The molecule has 21 heavy (non-hydrogen) atoms. The summed E-state index contributed by atoms with van der Waals surface area (Å²) in [6, 6.07) is 14.2. The zero-order valence-corrected chi connectivity index (χ0v) is 12.2. The van der Waals surface area contributed by atoms with Gasteiger partial charge in [-0.1, -0.05) is 19.1 Å². The molecule has 0 aliphatic carbocycles. The highest BCUT2D eigenvalue weighted by Gasteiger charge is 2.10. The summed E-state index contributed by atoms with van der Waals surface area (Å²) in [6.07, 6.45) is 2.63. The highest BCUT2D eigenvalue weighted by Crippen LogP contribution is 2.29. The summed E-state index contributed by atoms with van der Waals surface area (Å²) in [5, 5.41) is 0.958. The first kappa shape index (κ1) is 13.4. The van der Waals surface area contributed by atoms with E-state index in [0.717, 1.165) is 28.8 Å². The van der Waals surface area contributed by atoms with Crippen molar-refractivity contribution >= 4 is 28.1 Å². The van der Waals surface area contributed by atoms with E-state index in [1.54, 1.807) is 6.33 Å². The number of fused-ring (bicyclic) bond motifs is 1. The Labute approximate surface area is 124 Å². The maximum atomic E-state index is 5.90. The van der Waals surface area contributed by atoms with Gasteiger partial charge in [0.15, 0.2) is 0 Å². The minimum Gasteiger partial charge on any atom is -0.399 e. The van der Waals surface area contributed by atoms with E-state index in [0.29, 0.717) is 5.69 Å². The highest BCUT2D eigenvalue weighted by atomic mass is 15.2. The number of aromatic nitrogens is 2. The van der Waals surface area contributed by atoms with Crippen molar-refractivity contribution in [2.24, 2.45) is 0 Å². The van der Waals surface area contributed by atoms with Crippen molar-refractivity contribution in [1.29, 1.82) is 0 Å². The average Bonchev–Trinajstić information content (AvgIpc) is 2.53. The van der Waals surface area contributed by atoms with Gasteiger partial charge >= 0.3 is 0 Å². The molecule has 0 saturated carbocycles. The van der Waals surface area contributed by atoms with Gasteiger partial charge in [0, 0.05) is 23.8 Å². The molecule has 106 valence electrons. The average molecular weight is 278 g/mol. The Morgan fingerprint density at radius 1 is 1.05 bits per heavy atom. The molecule has 0 saturated heterocycles. The lowest BCUT2D eigenvalue weighted by molar-refractivity contribution is 1.10. The SMILES string of the molecule is CCc1ccc(N(C)c2ncnc3ccc(N)cc23)cc1. The Morgan fingerprint density at radius 2 is 1.81 bits per heavy atom. The Kier molecular flexibility index (Phi) is 3.44. The van der Waals surface area contributed by atoms with Crippen molar-refractivity contribution in [3.05, 3.63) is 54.4 Å². The standard InChI is InChI=1S/C17H18N4/c1-3-12-4-7-14(8-5-12)21(2)17-15-10-13(18)6-9-16(15)19-11-20-17/h4-11H,3,18H2,1-2H3. The molecular weight excluding hydrogens is 260 g/mol. The molecule has 4 nitrogen and oxygen atoms in total. The lowest BCUT2D eigenvalue weighted by atomic mass is 10.1. The molecular formula is C17H18N4. The van der Waals surface area contributed by atoms with Gasteiger partial charge in [0.2, 0.25) is 0 Å². The zero-order chi connectivity index (χ0) is 14.8. The first-order valence-corrected chi connectivity index (χ1v) is 7.02. The molecule has 0 bridgehead atoms. The number of rotatable bonds is 3. The molecule has 0 fully saturated rings. The van der Waals surface area contributed by atoms with Gasteiger partial charge in [-0.2, -0.15) is 0 Å². The molecule has 0 unspecified atom stereocenters. The number of aryl methyl sites for hydroxylation is 1. The van der Waals surface area contributed by atoms with Gasteiger partial charge in [0.05, 0.1) is 5.52 Å². The van der Waals surface area contributed by atoms with Gasteiger partial charge in [0.1, 0.15) is 12.1 Å². The number of benzene rings is 2. The van der Waals surface area contributed by atoms with Crippen LogP contribution in [0.4, 0.5) is 17.2 Å². The Hall–Kier alpha value is -2.62. The van der Waals surface area contributed by atoms with Crippen molar-refractivity contribution in [2.45, 2.75) is 13.3 Å². The van der Waals surface area contributed by atoms with Gasteiger partial charge in [-0.15, -0.1) is 0 Å². The van der Waals surface area contributed by atoms with Crippen LogP contribution in [-0.4, -0.2) is 17.0 Å². The van der Waals surface area contributed by atoms with Crippen LogP contribution in [0.3, 0.4) is 0 Å². The summed E-state index contributed by atoms with van der Waals surface area (Å²) < 4.78 is 0. The van der Waals surface area contributed by atoms with Crippen LogP contribution in [0.1, 0.15) is 12.5 Å². The quantitative estimate of drug-likeness (QED) is 0.744. The summed E-state index contributed by atoms with van der Waals surface area (Å²) in [6.45, 7) is 2.15. The van der Waals surface area contributed by atoms with Crippen molar-refractivity contribution < 1.29 is 0 Å². The first-order valence-electron chi connectivity index (χ1n) is 7.02. The molecule has 3 aromatic rings. The molecule has 0 amide bonds. The second-order valence-corrected chi connectivity index (χ2v) is 5.05. The van der Waals surface area contributed by atoms with E-state index < -0.39 is 0 Å². The molecule has 3 rings (SSSR count). The minimum atomic E-state index is 0.716. The molecule has 2 N–H and O–H groups in total. The normalized spacial score (nSPS) is 10.8. The molecule has 0 aliphatic rings. The smallest absolute Gasteiger partial charge is 0.144 e. The second kappa shape index (κ2) is 5.40. The minimum absolute atomic E-state index is 0.716. The van der Waals surface area contributed by atoms with Crippen LogP contribution in [0, 0.1) is 0 Å². The summed E-state index contributed by atoms with van der Waals surface area (Å²) >= 11 is 0. The third kappa shape index (κ3) is 2.52. The van der Waals surface area contributed by atoms with E-state index in [9.17, 15) is 0 Å². The van der Waals surface area contributed by atoms with Crippen LogP contribution in [-0.2, 0) is 6.42 Å². The lowest BCUT2D eigenvalue weighted by Crippen LogP contribution is -2.12. The van der Waals surface area contributed by atoms with Gasteiger partial charge in [-0.25, -0.2) is 9.97 Å². The summed E-state index contributed by atoms with van der Waals surface area (Å²) in [5.74, 6) is 0.858. The fourth-order valence-electron chi connectivity index (χ4n) is 2.41. The summed E-state index contributed by atoms with van der Waals surface area (Å²) in [7, 11) is 2.01. The number of nitrogens with two attached hydrogens (primary N) is 1. The molecule has 0 aliphatic heterocycles. The Balaban J connectivity index is 2.08. The maximum absolute atomic E-state index is 5.90. The molecule has 4 heteroatoms. The van der Waals surface area contributed by atoms with E-state index in [1.807, 2.05) is 25.2 Å². The van der Waals surface area contributed by atoms with Crippen LogP contribution >= 0.6 is 0 Å². The van der Waals surface area contributed by atoms with E-state index in [1.165, 1.54) is 5.56 Å². The Morgan fingerprint density at radius 3 is 2.52 bits per heavy atom. The van der Waals surface area contributed by atoms with Crippen LogP contribution in [0.5, 0.6) is 0 Å². The van der Waals surface area contributed by atoms with Crippen LogP contribution in [0.2, 0.25) is 0 Å². The van der Waals surface area contributed by atoms with Crippen molar-refractivity contribution in [1.82, 2.24) is 9.97 Å². The second-order valence-electron chi connectivity index (χ2n) is 5.05. The summed E-state index contributed by atoms with van der Waals surface area (Å²) in [4.78, 5) is 10.8. The van der Waals surface area contributed by atoms with Gasteiger partial charge in [0.25, 0.3) is 0 Å². The summed E-state index contributed by atoms with van der Waals surface area (Å²) in [5.41, 5.74) is 9.92. The predicted octanol–water partition coefficient (Wildman–Crippen LogP) is 3.54. The van der Waals surface area contributed by atoms with Gasteiger partial charge in [-0.05, 0) is 42.3 Å². The topological polar surface area (TPSA) is 55.0 Å². The predicted molar refractivity (Wildman–Crippen MR) is 87.8 cm³/mol. The van der Waals surface area contributed by atoms with E-state index >= 15 is 0 Å². The zero-order valence-electron chi connectivity index (χ0n) is 12.2. The lowest BCUT2D eigenvalue weighted by Gasteiger charge is -2.20. The van der Waals surface area contributed by atoms with Crippen molar-refractivity contribution in [3.63, 3.8) is 0 Å². The van der Waals surface area contributed by atoms with E-state index in [-0.39, 0.29) is 0 Å². The van der Waals surface area contributed by atoms with E-state index in [4.69, 9.17) is 5.73 Å². The monoisotopic (exact) mass is 278 g/mol. The number of nitrogens with zero attached hydrogens (tertiary/aromatic N) is 3. The van der Waals surface area contributed by atoms with Crippen molar-refractivity contribution in [2.75, 3.05) is 17.7 Å². The third-order valence-corrected chi connectivity index (χ3v) is 3.69. The maximum Gasteiger partial charge on any atom is 0.144 e. The van der Waals surface area contributed by atoms with E-state index in [2.05, 4.69) is 46.1 Å². The highest BCUT2D eigenvalue weighted by molar-refractivity contribution is 5.93. The number of anilines is 3. The Bertz CT molecular complexity index is 765. The van der Waals surface area contributed by atoms with Gasteiger partial charge in [-0.3, -0.25) is 0 Å². The van der Waals surface area contributed by atoms with Crippen LogP contribution < -0.4 is 10.6 Å². The third-order valence-electron chi connectivity index (χ3n) is 3.69. The largest absolute Gasteiger partial charge is 0.399 e. The number of hydrogen-bond acceptors (Lipinski definition) is 4. The molecule has 2 aromatic carbocycles. The van der Waals surface area contributed by atoms with Crippen molar-refractivity contribution in [3.8, 4) is 0 Å². The van der Waals surface area contributed by atoms with Gasteiger partial charge < -0.3 is 10.6 Å². The fourth-order valence-corrected chi connectivity index (χ4v) is 2.41. The van der Waals surface area contributed by atoms with Crippen LogP contribution in [0.25, 0.3) is 10.9 Å². The fraction of sp³-hybridized carbons (Fsp3) is 0.176. The molecule has 0 radical (unpaired) electrons.